The lowest BCUT2D eigenvalue weighted by Gasteiger charge is -2.14. The van der Waals surface area contributed by atoms with Crippen molar-refractivity contribution < 1.29 is 4.74 Å². The molecule has 0 amide bonds. The second kappa shape index (κ2) is 8.30. The number of halogens is 1. The molecule has 2 rings (SSSR count). The van der Waals surface area contributed by atoms with Gasteiger partial charge in [0.2, 0.25) is 0 Å². The van der Waals surface area contributed by atoms with E-state index in [0.717, 1.165) is 29.4 Å². The van der Waals surface area contributed by atoms with Gasteiger partial charge >= 0.3 is 0 Å². The van der Waals surface area contributed by atoms with E-state index in [-0.39, 0.29) is 0 Å². The normalized spacial score (nSPS) is 16.1. The van der Waals surface area contributed by atoms with Crippen molar-refractivity contribution in [1.29, 1.82) is 0 Å². The van der Waals surface area contributed by atoms with Gasteiger partial charge in [-0.05, 0) is 36.6 Å². The minimum absolute atomic E-state index is 0.763. The molecule has 4 heteroatoms. The topological polar surface area (TPSA) is 21.3 Å². The third kappa shape index (κ3) is 5.10. The molecule has 1 aromatic rings. The summed E-state index contributed by atoms with van der Waals surface area (Å²) in [7, 11) is 1.74. The number of hydrogen-bond donors (Lipinski definition) is 1. The summed E-state index contributed by atoms with van der Waals surface area (Å²) >= 11 is 5.63. The van der Waals surface area contributed by atoms with E-state index in [1.54, 1.807) is 7.11 Å². The molecular weight excluding hydrogens is 322 g/mol. The summed E-state index contributed by atoms with van der Waals surface area (Å²) in [6.07, 6.45) is 5.54. The first kappa shape index (κ1) is 15.4. The molecule has 106 valence electrons. The fourth-order valence-corrected chi connectivity index (χ4v) is 4.15. The van der Waals surface area contributed by atoms with Gasteiger partial charge < -0.3 is 10.1 Å². The second-order valence-corrected chi connectivity index (χ2v) is 7.20. The zero-order chi connectivity index (χ0) is 13.5. The molecular formula is C15H22BrNOS. The monoisotopic (exact) mass is 343 g/mol. The van der Waals surface area contributed by atoms with E-state index >= 15 is 0 Å². The first-order valence-corrected chi connectivity index (χ1v) is 8.61. The van der Waals surface area contributed by atoms with Gasteiger partial charge in [-0.15, -0.1) is 11.8 Å². The molecule has 0 radical (unpaired) electrons. The Bertz CT molecular complexity index is 394. The van der Waals surface area contributed by atoms with Crippen molar-refractivity contribution >= 4 is 27.7 Å². The van der Waals surface area contributed by atoms with Gasteiger partial charge in [0.1, 0.15) is 0 Å². The van der Waals surface area contributed by atoms with Crippen LogP contribution in [-0.2, 0) is 11.3 Å². The minimum Gasteiger partial charge on any atom is -0.383 e. The lowest BCUT2D eigenvalue weighted by Crippen LogP contribution is -2.19. The highest BCUT2D eigenvalue weighted by Gasteiger charge is 2.17. The van der Waals surface area contributed by atoms with Crippen molar-refractivity contribution in [3.8, 4) is 0 Å². The number of methoxy groups -OCH3 is 1. The maximum Gasteiger partial charge on any atom is 0.0587 e. The van der Waals surface area contributed by atoms with Gasteiger partial charge in [0.05, 0.1) is 6.61 Å². The molecule has 0 aliphatic heterocycles. The summed E-state index contributed by atoms with van der Waals surface area (Å²) < 4.78 is 6.22. The van der Waals surface area contributed by atoms with Gasteiger partial charge in [0.15, 0.2) is 0 Å². The number of benzene rings is 1. The molecule has 0 atom stereocenters. The first-order valence-electron chi connectivity index (χ1n) is 6.94. The summed E-state index contributed by atoms with van der Waals surface area (Å²) in [5.41, 5.74) is 1.39. The molecule has 19 heavy (non-hydrogen) atoms. The van der Waals surface area contributed by atoms with Crippen LogP contribution in [-0.4, -0.2) is 25.5 Å². The van der Waals surface area contributed by atoms with E-state index < -0.39 is 0 Å². The molecule has 1 aromatic carbocycles. The van der Waals surface area contributed by atoms with Gasteiger partial charge in [-0.3, -0.25) is 0 Å². The van der Waals surface area contributed by atoms with E-state index in [4.69, 9.17) is 4.74 Å². The van der Waals surface area contributed by atoms with Crippen molar-refractivity contribution in [2.24, 2.45) is 0 Å². The maximum absolute atomic E-state index is 5.06. The Morgan fingerprint density at radius 1 is 1.37 bits per heavy atom. The third-order valence-corrected chi connectivity index (χ3v) is 5.37. The molecule has 2 nitrogen and oxygen atoms in total. The number of thioether (sulfide) groups is 1. The highest BCUT2D eigenvalue weighted by atomic mass is 79.9. The van der Waals surface area contributed by atoms with Gasteiger partial charge in [0.25, 0.3) is 0 Å². The summed E-state index contributed by atoms with van der Waals surface area (Å²) in [6, 6.07) is 6.63. The molecule has 0 aromatic heterocycles. The maximum atomic E-state index is 5.06. The standard InChI is InChI=1S/C15H22BrNOS/c1-18-9-8-17-11-12-10-13(16)6-7-15(12)19-14-4-2-3-5-14/h6-7,10,14,17H,2-5,8-9,11H2,1H3. The highest BCUT2D eigenvalue weighted by molar-refractivity contribution is 9.10. The summed E-state index contributed by atoms with van der Waals surface area (Å²) in [6.45, 7) is 2.58. The van der Waals surface area contributed by atoms with Crippen molar-refractivity contribution in [3.63, 3.8) is 0 Å². The SMILES string of the molecule is COCCNCc1cc(Br)ccc1SC1CCCC1. The van der Waals surface area contributed by atoms with E-state index in [1.165, 1.54) is 36.1 Å². The predicted octanol–water partition coefficient (Wildman–Crippen LogP) is 4.22. The van der Waals surface area contributed by atoms with Crippen LogP contribution in [0, 0.1) is 0 Å². The van der Waals surface area contributed by atoms with Crippen LogP contribution in [0.5, 0.6) is 0 Å². The fourth-order valence-electron chi connectivity index (χ4n) is 2.38. The van der Waals surface area contributed by atoms with Crippen LogP contribution in [0.4, 0.5) is 0 Å². The van der Waals surface area contributed by atoms with Crippen LogP contribution in [0.1, 0.15) is 31.2 Å². The van der Waals surface area contributed by atoms with E-state index in [0.29, 0.717) is 0 Å². The number of ether oxygens (including phenoxy) is 1. The molecule has 1 N–H and O–H groups in total. The molecule has 1 aliphatic carbocycles. The number of rotatable bonds is 7. The molecule has 1 fully saturated rings. The molecule has 0 heterocycles. The van der Waals surface area contributed by atoms with Crippen LogP contribution >= 0.6 is 27.7 Å². The average molecular weight is 344 g/mol. The first-order chi connectivity index (χ1) is 9.29. The largest absolute Gasteiger partial charge is 0.383 e. The van der Waals surface area contributed by atoms with E-state index in [9.17, 15) is 0 Å². The summed E-state index contributed by atoms with van der Waals surface area (Å²) in [4.78, 5) is 1.43. The quantitative estimate of drug-likeness (QED) is 0.749. The number of nitrogens with one attached hydrogen (secondary N) is 1. The number of hydrogen-bond acceptors (Lipinski definition) is 3. The summed E-state index contributed by atoms with van der Waals surface area (Å²) in [5, 5.41) is 4.25. The van der Waals surface area contributed by atoms with Crippen molar-refractivity contribution in [1.82, 2.24) is 5.32 Å². The van der Waals surface area contributed by atoms with Crippen LogP contribution < -0.4 is 5.32 Å². The zero-order valence-electron chi connectivity index (χ0n) is 11.5. The molecule has 0 unspecified atom stereocenters. The van der Waals surface area contributed by atoms with Gasteiger partial charge in [0, 0.05) is 34.8 Å². The summed E-state index contributed by atoms with van der Waals surface area (Å²) in [5.74, 6) is 0. The molecule has 1 aliphatic rings. The predicted molar refractivity (Wildman–Crippen MR) is 85.8 cm³/mol. The Morgan fingerprint density at radius 3 is 2.89 bits per heavy atom. The smallest absolute Gasteiger partial charge is 0.0587 e. The lowest BCUT2D eigenvalue weighted by atomic mass is 10.2. The van der Waals surface area contributed by atoms with Crippen LogP contribution in [0.3, 0.4) is 0 Å². The van der Waals surface area contributed by atoms with Gasteiger partial charge in [-0.25, -0.2) is 0 Å². The van der Waals surface area contributed by atoms with Gasteiger partial charge in [-0.1, -0.05) is 28.8 Å². The third-order valence-electron chi connectivity index (χ3n) is 3.42. The van der Waals surface area contributed by atoms with Crippen LogP contribution in [0.2, 0.25) is 0 Å². The Morgan fingerprint density at radius 2 is 2.16 bits per heavy atom. The molecule has 0 saturated heterocycles. The molecule has 1 saturated carbocycles. The van der Waals surface area contributed by atoms with Crippen molar-refractivity contribution in [2.45, 2.75) is 42.4 Å². The Labute approximate surface area is 128 Å². The minimum atomic E-state index is 0.763. The molecule has 0 spiro atoms. The van der Waals surface area contributed by atoms with Crippen molar-refractivity contribution in [2.75, 3.05) is 20.3 Å². The second-order valence-electron chi connectivity index (χ2n) is 4.95. The Hall–Kier alpha value is -0.0300. The Balaban J connectivity index is 1.95. The van der Waals surface area contributed by atoms with E-state index in [2.05, 4.69) is 51.2 Å². The zero-order valence-corrected chi connectivity index (χ0v) is 13.9. The van der Waals surface area contributed by atoms with Crippen LogP contribution in [0.15, 0.2) is 27.6 Å². The lowest BCUT2D eigenvalue weighted by molar-refractivity contribution is 0.199. The fraction of sp³-hybridized carbons (Fsp3) is 0.600. The highest BCUT2D eigenvalue weighted by Crippen LogP contribution is 2.37. The molecule has 0 bridgehead atoms. The van der Waals surface area contributed by atoms with Crippen molar-refractivity contribution in [3.05, 3.63) is 28.2 Å². The average Bonchev–Trinajstić information content (AvgIpc) is 2.90. The van der Waals surface area contributed by atoms with Crippen LogP contribution in [0.25, 0.3) is 0 Å². The van der Waals surface area contributed by atoms with E-state index in [1.807, 2.05) is 0 Å². The Kier molecular flexibility index (Phi) is 6.71. The van der Waals surface area contributed by atoms with Gasteiger partial charge in [-0.2, -0.15) is 0 Å².